The first-order valence-electron chi connectivity index (χ1n) is 9.48. The van der Waals surface area contributed by atoms with E-state index in [0.29, 0.717) is 16.4 Å². The molecular weight excluding hydrogens is 416 g/mol. The molecular formula is C22H20N4O4S. The number of aryl methyl sites for hydroxylation is 2. The number of thiazole rings is 1. The summed E-state index contributed by atoms with van der Waals surface area (Å²) in [4.78, 5) is 36.4. The molecule has 2 N–H and O–H groups in total. The van der Waals surface area contributed by atoms with Gasteiger partial charge in [-0.25, -0.2) is 14.8 Å². The number of rotatable bonds is 6. The summed E-state index contributed by atoms with van der Waals surface area (Å²) in [6.07, 6.45) is 0. The number of hydrogen-bond donors (Lipinski definition) is 2. The molecule has 0 saturated heterocycles. The standard InChI is InChI=1S/C22H20N4O4S/c1-12-13(2)24-20(23-12)14-4-6-15(7-5-14)21(28)30-11-19(27)26-22-25-17-9-8-16(29-3)10-18(17)31-22/h4-10H,11H2,1-3H3,(H,23,24)(H,25,26,27). The predicted octanol–water partition coefficient (Wildman–Crippen LogP) is 4.11. The lowest BCUT2D eigenvalue weighted by molar-refractivity contribution is -0.119. The molecule has 0 atom stereocenters. The Bertz CT molecular complexity index is 1240. The Kier molecular flexibility index (Phi) is 5.68. The van der Waals surface area contributed by atoms with Crippen molar-refractivity contribution in [2.75, 3.05) is 19.0 Å². The van der Waals surface area contributed by atoms with Gasteiger partial charge in [-0.3, -0.25) is 10.1 Å². The Morgan fingerprint density at radius 2 is 1.87 bits per heavy atom. The average Bonchev–Trinajstić information content (AvgIpc) is 3.33. The van der Waals surface area contributed by atoms with E-state index in [-0.39, 0.29) is 0 Å². The zero-order valence-electron chi connectivity index (χ0n) is 17.2. The third-order valence-electron chi connectivity index (χ3n) is 4.70. The second kappa shape index (κ2) is 8.57. The van der Waals surface area contributed by atoms with E-state index in [0.717, 1.165) is 33.0 Å². The van der Waals surface area contributed by atoms with E-state index in [1.54, 1.807) is 37.4 Å². The minimum Gasteiger partial charge on any atom is -0.497 e. The Morgan fingerprint density at radius 3 is 2.55 bits per heavy atom. The van der Waals surface area contributed by atoms with Gasteiger partial charge in [0.2, 0.25) is 0 Å². The Labute approximate surface area is 182 Å². The van der Waals surface area contributed by atoms with Crippen molar-refractivity contribution in [3.05, 3.63) is 59.4 Å². The van der Waals surface area contributed by atoms with Crippen LogP contribution >= 0.6 is 11.3 Å². The van der Waals surface area contributed by atoms with Crippen LogP contribution in [0.1, 0.15) is 21.7 Å². The van der Waals surface area contributed by atoms with E-state index in [2.05, 4.69) is 20.3 Å². The average molecular weight is 436 g/mol. The summed E-state index contributed by atoms with van der Waals surface area (Å²) in [5, 5.41) is 3.08. The van der Waals surface area contributed by atoms with Gasteiger partial charge in [0.1, 0.15) is 11.6 Å². The molecule has 0 saturated carbocycles. The van der Waals surface area contributed by atoms with Crippen LogP contribution in [0.15, 0.2) is 42.5 Å². The van der Waals surface area contributed by atoms with Gasteiger partial charge < -0.3 is 14.5 Å². The maximum absolute atomic E-state index is 12.3. The first-order valence-corrected chi connectivity index (χ1v) is 10.3. The van der Waals surface area contributed by atoms with E-state index < -0.39 is 18.5 Å². The molecule has 0 spiro atoms. The van der Waals surface area contributed by atoms with Gasteiger partial charge in [0.05, 0.1) is 28.6 Å². The molecule has 31 heavy (non-hydrogen) atoms. The molecule has 4 rings (SSSR count). The quantitative estimate of drug-likeness (QED) is 0.441. The van der Waals surface area contributed by atoms with Crippen molar-refractivity contribution in [1.29, 1.82) is 0 Å². The molecule has 2 heterocycles. The van der Waals surface area contributed by atoms with Crippen molar-refractivity contribution >= 4 is 38.6 Å². The highest BCUT2D eigenvalue weighted by molar-refractivity contribution is 7.22. The largest absolute Gasteiger partial charge is 0.497 e. The second-order valence-electron chi connectivity index (χ2n) is 6.85. The molecule has 4 aromatic rings. The summed E-state index contributed by atoms with van der Waals surface area (Å²) in [6, 6.07) is 12.3. The number of nitrogens with one attached hydrogen (secondary N) is 2. The van der Waals surface area contributed by atoms with Gasteiger partial charge in [0, 0.05) is 11.3 Å². The number of ether oxygens (including phenoxy) is 2. The van der Waals surface area contributed by atoms with Crippen molar-refractivity contribution in [2.45, 2.75) is 13.8 Å². The number of benzene rings is 2. The van der Waals surface area contributed by atoms with Crippen molar-refractivity contribution < 1.29 is 19.1 Å². The zero-order valence-corrected chi connectivity index (χ0v) is 18.0. The minimum atomic E-state index is -0.581. The SMILES string of the molecule is COc1ccc2nc(NC(=O)COC(=O)c3ccc(-c4nc(C)c(C)[nH]4)cc3)sc2c1. The monoisotopic (exact) mass is 436 g/mol. The molecule has 9 heteroatoms. The number of carbonyl (C=O) groups is 2. The van der Waals surface area contributed by atoms with E-state index in [1.165, 1.54) is 11.3 Å². The summed E-state index contributed by atoms with van der Waals surface area (Å²) in [7, 11) is 1.59. The zero-order chi connectivity index (χ0) is 22.0. The number of esters is 1. The van der Waals surface area contributed by atoms with E-state index in [4.69, 9.17) is 9.47 Å². The van der Waals surface area contributed by atoms with Gasteiger partial charge in [-0.1, -0.05) is 23.5 Å². The fraction of sp³-hybridized carbons (Fsp3) is 0.182. The normalized spacial score (nSPS) is 10.8. The van der Waals surface area contributed by atoms with Crippen LogP contribution < -0.4 is 10.1 Å². The highest BCUT2D eigenvalue weighted by Crippen LogP contribution is 2.29. The molecule has 0 aliphatic carbocycles. The smallest absolute Gasteiger partial charge is 0.338 e. The maximum Gasteiger partial charge on any atom is 0.338 e. The van der Waals surface area contributed by atoms with Gasteiger partial charge in [-0.05, 0) is 44.2 Å². The fourth-order valence-corrected chi connectivity index (χ4v) is 3.81. The van der Waals surface area contributed by atoms with Crippen LogP contribution in [0.4, 0.5) is 5.13 Å². The molecule has 0 fully saturated rings. The summed E-state index contributed by atoms with van der Waals surface area (Å²) in [5.41, 5.74) is 3.88. The molecule has 0 aliphatic rings. The minimum absolute atomic E-state index is 0.351. The lowest BCUT2D eigenvalue weighted by Crippen LogP contribution is -2.20. The topological polar surface area (TPSA) is 106 Å². The van der Waals surface area contributed by atoms with Crippen LogP contribution in [-0.2, 0) is 9.53 Å². The number of amides is 1. The van der Waals surface area contributed by atoms with Crippen LogP contribution in [0.25, 0.3) is 21.6 Å². The molecule has 8 nitrogen and oxygen atoms in total. The molecule has 0 unspecified atom stereocenters. The van der Waals surface area contributed by atoms with Crippen LogP contribution in [0.5, 0.6) is 5.75 Å². The number of anilines is 1. The van der Waals surface area contributed by atoms with E-state index >= 15 is 0 Å². The van der Waals surface area contributed by atoms with Crippen LogP contribution in [0.3, 0.4) is 0 Å². The Morgan fingerprint density at radius 1 is 1.10 bits per heavy atom. The highest BCUT2D eigenvalue weighted by Gasteiger charge is 2.13. The summed E-state index contributed by atoms with van der Waals surface area (Å²) >= 11 is 1.32. The molecule has 0 radical (unpaired) electrons. The van der Waals surface area contributed by atoms with Crippen molar-refractivity contribution in [1.82, 2.24) is 15.0 Å². The molecule has 2 aromatic heterocycles. The number of imidazole rings is 1. The van der Waals surface area contributed by atoms with Gasteiger partial charge in [0.15, 0.2) is 11.7 Å². The third kappa shape index (κ3) is 4.56. The summed E-state index contributed by atoms with van der Waals surface area (Å²) in [6.45, 7) is 3.47. The van der Waals surface area contributed by atoms with Gasteiger partial charge >= 0.3 is 5.97 Å². The molecule has 0 bridgehead atoms. The number of aromatic amines is 1. The number of methoxy groups -OCH3 is 1. The van der Waals surface area contributed by atoms with Crippen molar-refractivity contribution in [3.63, 3.8) is 0 Å². The van der Waals surface area contributed by atoms with Crippen molar-refractivity contribution in [2.24, 2.45) is 0 Å². The molecule has 0 aliphatic heterocycles. The van der Waals surface area contributed by atoms with Crippen LogP contribution in [0, 0.1) is 13.8 Å². The van der Waals surface area contributed by atoms with Gasteiger partial charge in [-0.15, -0.1) is 0 Å². The van der Waals surface area contributed by atoms with E-state index in [9.17, 15) is 9.59 Å². The number of hydrogen-bond acceptors (Lipinski definition) is 7. The Balaban J connectivity index is 1.34. The highest BCUT2D eigenvalue weighted by atomic mass is 32.1. The molecule has 158 valence electrons. The predicted molar refractivity (Wildman–Crippen MR) is 119 cm³/mol. The summed E-state index contributed by atoms with van der Waals surface area (Å²) < 4.78 is 11.2. The maximum atomic E-state index is 12.3. The number of carbonyl (C=O) groups excluding carboxylic acids is 2. The van der Waals surface area contributed by atoms with Gasteiger partial charge in [-0.2, -0.15) is 0 Å². The number of H-pyrrole nitrogens is 1. The lowest BCUT2D eigenvalue weighted by atomic mass is 10.1. The molecule has 2 aromatic carbocycles. The van der Waals surface area contributed by atoms with Crippen LogP contribution in [0.2, 0.25) is 0 Å². The Hall–Kier alpha value is -3.72. The van der Waals surface area contributed by atoms with E-state index in [1.807, 2.05) is 26.0 Å². The first kappa shape index (κ1) is 20.5. The van der Waals surface area contributed by atoms with Crippen LogP contribution in [-0.4, -0.2) is 40.5 Å². The number of nitrogens with zero attached hydrogens (tertiary/aromatic N) is 2. The number of fused-ring (bicyclic) bond motifs is 1. The lowest BCUT2D eigenvalue weighted by Gasteiger charge is -2.05. The van der Waals surface area contributed by atoms with Gasteiger partial charge in [0.25, 0.3) is 5.91 Å². The fourth-order valence-electron chi connectivity index (χ4n) is 2.90. The summed E-state index contributed by atoms with van der Waals surface area (Å²) in [5.74, 6) is 0.411. The first-order chi connectivity index (χ1) is 14.9. The number of aromatic nitrogens is 3. The molecule has 1 amide bonds. The van der Waals surface area contributed by atoms with Crippen molar-refractivity contribution in [3.8, 4) is 17.1 Å². The second-order valence-corrected chi connectivity index (χ2v) is 7.88. The third-order valence-corrected chi connectivity index (χ3v) is 5.63.